The van der Waals surface area contributed by atoms with E-state index in [1.165, 1.54) is 31.6 Å². The van der Waals surface area contributed by atoms with Crippen LogP contribution in [0, 0.1) is 5.82 Å². The predicted octanol–water partition coefficient (Wildman–Crippen LogP) is 3.45. The van der Waals surface area contributed by atoms with Crippen molar-refractivity contribution in [1.82, 2.24) is 19.5 Å². The van der Waals surface area contributed by atoms with Crippen LogP contribution in [0.25, 0.3) is 11.2 Å². The lowest BCUT2D eigenvalue weighted by Crippen LogP contribution is -2.42. The molecule has 3 saturated heterocycles. The molecule has 0 unspecified atom stereocenters. The smallest absolute Gasteiger partial charge is 0.497 e. The summed E-state index contributed by atoms with van der Waals surface area (Å²) in [5.74, 6) is -0.0198. The van der Waals surface area contributed by atoms with Gasteiger partial charge in [-0.15, -0.1) is 0 Å². The Kier molecular flexibility index (Phi) is 6.98. The summed E-state index contributed by atoms with van der Waals surface area (Å²) in [6, 6.07) is 4.16. The number of halogens is 1. The van der Waals surface area contributed by atoms with Crippen molar-refractivity contribution in [2.24, 2.45) is 0 Å². The summed E-state index contributed by atoms with van der Waals surface area (Å²) >= 11 is 0. The fraction of sp³-hybridized carbons (Fsp3) is 0.500. The molecular weight excluding hydrogens is 568 g/mol. The van der Waals surface area contributed by atoms with Crippen molar-refractivity contribution in [1.29, 1.82) is 0 Å². The van der Waals surface area contributed by atoms with Gasteiger partial charge >= 0.3 is 14.0 Å². The predicted molar refractivity (Wildman–Crippen MR) is 135 cm³/mol. The summed E-state index contributed by atoms with van der Waals surface area (Å²) in [5, 5.41) is 0. The Morgan fingerprint density at radius 1 is 1.32 bits per heavy atom. The second-order valence-corrected chi connectivity index (χ2v) is 11.2. The van der Waals surface area contributed by atoms with Crippen molar-refractivity contribution in [3.63, 3.8) is 0 Å². The highest BCUT2D eigenvalue weighted by atomic mass is 31.2. The third kappa shape index (κ3) is 4.85. The molecule has 0 amide bonds. The highest BCUT2D eigenvalue weighted by Gasteiger charge is 2.64. The third-order valence-electron chi connectivity index (χ3n) is 7.00. The number of methoxy groups -OCH3 is 1. The third-order valence-corrected chi connectivity index (χ3v) is 8.48. The zero-order valence-corrected chi connectivity index (χ0v) is 23.1. The molecule has 6 atom stereocenters. The minimum Gasteiger partial charge on any atom is -0.497 e. The quantitative estimate of drug-likeness (QED) is 0.296. The number of benzene rings is 1. The van der Waals surface area contributed by atoms with E-state index in [-0.39, 0.29) is 49.3 Å². The van der Waals surface area contributed by atoms with Gasteiger partial charge in [0.15, 0.2) is 29.1 Å². The normalized spacial score (nSPS) is 31.1. The van der Waals surface area contributed by atoms with Gasteiger partial charge in [0, 0.05) is 12.0 Å². The topological polar surface area (TPSA) is 178 Å². The number of anilines is 1. The number of phosphoric acid groups is 1. The SMILES string of the molecule is CCOc1nc(N)nc2ncn([C@@H]3O[C@H](CO[P@@]4(=O)OCC[C@@H](c5cc(OC)ccc5F)O4)[C@H]4OC(=O)O[C@]43C)c12. The van der Waals surface area contributed by atoms with Crippen LogP contribution in [0.5, 0.6) is 11.6 Å². The minimum absolute atomic E-state index is 0.0175. The molecule has 6 rings (SSSR count). The van der Waals surface area contributed by atoms with Crippen molar-refractivity contribution >= 4 is 31.1 Å². The molecule has 3 aromatic rings. The summed E-state index contributed by atoms with van der Waals surface area (Å²) in [4.78, 5) is 24.8. The first-order chi connectivity index (χ1) is 19.6. The summed E-state index contributed by atoms with van der Waals surface area (Å²) in [6.07, 6.45) is -3.15. The summed E-state index contributed by atoms with van der Waals surface area (Å²) in [5.41, 5.74) is 5.17. The van der Waals surface area contributed by atoms with E-state index in [9.17, 15) is 13.8 Å². The zero-order chi connectivity index (χ0) is 28.9. The molecule has 2 aromatic heterocycles. The molecule has 0 saturated carbocycles. The number of nitrogens with two attached hydrogens (primary N) is 1. The number of imidazole rings is 1. The Balaban J connectivity index is 1.25. The molecule has 0 spiro atoms. The summed E-state index contributed by atoms with van der Waals surface area (Å²) in [6.45, 7) is 3.28. The van der Waals surface area contributed by atoms with Crippen LogP contribution in [0.1, 0.15) is 38.2 Å². The molecule has 3 aliphatic heterocycles. The second-order valence-electron chi connectivity index (χ2n) is 9.59. The average molecular weight is 595 g/mol. The molecule has 5 heterocycles. The Morgan fingerprint density at radius 2 is 2.15 bits per heavy atom. The van der Waals surface area contributed by atoms with Gasteiger partial charge in [0.1, 0.15) is 24.0 Å². The van der Waals surface area contributed by atoms with Crippen LogP contribution < -0.4 is 15.2 Å². The van der Waals surface area contributed by atoms with Gasteiger partial charge in [0.2, 0.25) is 11.8 Å². The molecule has 220 valence electrons. The van der Waals surface area contributed by atoms with Crippen molar-refractivity contribution < 1.29 is 51.0 Å². The number of ether oxygens (including phenoxy) is 5. The molecule has 0 aliphatic carbocycles. The molecule has 15 nitrogen and oxygen atoms in total. The van der Waals surface area contributed by atoms with Gasteiger partial charge in [0.05, 0.1) is 33.0 Å². The van der Waals surface area contributed by atoms with Gasteiger partial charge in [-0.25, -0.2) is 18.7 Å². The molecule has 41 heavy (non-hydrogen) atoms. The number of nitrogen functional groups attached to an aromatic ring is 1. The van der Waals surface area contributed by atoms with Gasteiger partial charge in [-0.2, -0.15) is 9.97 Å². The minimum atomic E-state index is -4.19. The fourth-order valence-electron chi connectivity index (χ4n) is 5.15. The van der Waals surface area contributed by atoms with E-state index in [0.29, 0.717) is 11.3 Å². The maximum atomic E-state index is 14.6. The zero-order valence-electron chi connectivity index (χ0n) is 22.2. The van der Waals surface area contributed by atoms with Gasteiger partial charge < -0.3 is 29.4 Å². The summed E-state index contributed by atoms with van der Waals surface area (Å²) < 4.78 is 74.2. The number of carbonyl (C=O) groups is 1. The second kappa shape index (κ2) is 10.4. The molecule has 3 fully saturated rings. The molecule has 17 heteroatoms. The van der Waals surface area contributed by atoms with Gasteiger partial charge in [-0.3, -0.25) is 18.1 Å². The maximum absolute atomic E-state index is 14.6. The van der Waals surface area contributed by atoms with Gasteiger partial charge in [-0.1, -0.05) is 0 Å². The van der Waals surface area contributed by atoms with E-state index in [4.69, 9.17) is 43.0 Å². The lowest BCUT2D eigenvalue weighted by molar-refractivity contribution is -0.0925. The monoisotopic (exact) mass is 595 g/mol. The van der Waals surface area contributed by atoms with E-state index in [1.807, 2.05) is 0 Å². The van der Waals surface area contributed by atoms with Crippen LogP contribution >= 0.6 is 7.82 Å². The largest absolute Gasteiger partial charge is 0.509 e. The maximum Gasteiger partial charge on any atom is 0.509 e. The number of fused-ring (bicyclic) bond motifs is 2. The van der Waals surface area contributed by atoms with Crippen LogP contribution in [-0.4, -0.2) is 70.4 Å². The first-order valence-corrected chi connectivity index (χ1v) is 14.2. The molecule has 2 N–H and O–H groups in total. The summed E-state index contributed by atoms with van der Waals surface area (Å²) in [7, 11) is -2.74. The van der Waals surface area contributed by atoms with Crippen molar-refractivity contribution in [3.05, 3.63) is 35.9 Å². The van der Waals surface area contributed by atoms with Crippen LogP contribution in [0.4, 0.5) is 15.1 Å². The van der Waals surface area contributed by atoms with Crippen LogP contribution in [0.15, 0.2) is 24.5 Å². The van der Waals surface area contributed by atoms with Crippen LogP contribution in [-0.2, 0) is 32.3 Å². The first-order valence-electron chi connectivity index (χ1n) is 12.7. The number of hydrogen-bond acceptors (Lipinski definition) is 14. The lowest BCUT2D eigenvalue weighted by atomic mass is 9.96. The molecule has 1 aromatic carbocycles. The molecule has 3 aliphatic rings. The average Bonchev–Trinajstić information content (AvgIpc) is 3.56. The highest BCUT2D eigenvalue weighted by Crippen LogP contribution is 2.58. The number of nitrogens with zero attached hydrogens (tertiary/aromatic N) is 4. The van der Waals surface area contributed by atoms with Crippen LogP contribution in [0.2, 0.25) is 0 Å². The Hall–Kier alpha value is -3.56. The Labute approximate surface area is 232 Å². The van der Waals surface area contributed by atoms with E-state index in [1.54, 1.807) is 18.4 Å². The van der Waals surface area contributed by atoms with Gasteiger partial charge in [-0.05, 0) is 32.0 Å². The van der Waals surface area contributed by atoms with Crippen molar-refractivity contribution in [2.45, 2.75) is 50.4 Å². The van der Waals surface area contributed by atoms with E-state index >= 15 is 0 Å². The first kappa shape index (κ1) is 27.6. The van der Waals surface area contributed by atoms with Crippen molar-refractivity contribution in [2.75, 3.05) is 32.7 Å². The highest BCUT2D eigenvalue weighted by molar-refractivity contribution is 7.48. The van der Waals surface area contributed by atoms with Gasteiger partial charge in [0.25, 0.3) is 0 Å². The standard InChI is InChI=1S/C24H27FN5O10P/c1-4-34-20-17-19(28-22(26)29-20)27-11-30(17)21-24(2)18(38-23(31)39-24)16(37-21)10-36-41(32)35-8-7-15(40-41)13-9-12(33-3)5-6-14(13)25/h5-6,9,11,15-16,18,21H,4,7-8,10H2,1-3H3,(H2,26,28,29)/t15-,16+,18+,21+,24+,41+/m0/s1. The van der Waals surface area contributed by atoms with E-state index in [0.717, 1.165) is 0 Å². The number of carbonyl (C=O) groups excluding carboxylic acids is 1. The number of phosphoric ester groups is 1. The molecule has 0 bridgehead atoms. The lowest BCUT2D eigenvalue weighted by Gasteiger charge is -2.30. The number of hydrogen-bond donors (Lipinski definition) is 1. The number of rotatable bonds is 8. The molecular formula is C24H27FN5O10P. The van der Waals surface area contributed by atoms with E-state index in [2.05, 4.69) is 15.0 Å². The number of aromatic nitrogens is 4. The molecule has 0 radical (unpaired) electrons. The van der Waals surface area contributed by atoms with Crippen molar-refractivity contribution in [3.8, 4) is 11.6 Å². The fourth-order valence-corrected chi connectivity index (χ4v) is 6.54. The van der Waals surface area contributed by atoms with Crippen LogP contribution in [0.3, 0.4) is 0 Å². The Morgan fingerprint density at radius 3 is 2.93 bits per heavy atom. The van der Waals surface area contributed by atoms with E-state index < -0.39 is 49.9 Å². The Bertz CT molecular complexity index is 1540.